The molecule has 0 aliphatic rings. The summed E-state index contributed by atoms with van der Waals surface area (Å²) in [6.07, 6.45) is 3.53. The number of oxime groups is 1. The summed E-state index contributed by atoms with van der Waals surface area (Å²) in [5, 5.41) is 4.10. The van der Waals surface area contributed by atoms with Gasteiger partial charge in [0.25, 0.3) is 0 Å². The third kappa shape index (κ3) is 5.06. The molecule has 0 heterocycles. The number of rotatable bonds is 7. The summed E-state index contributed by atoms with van der Waals surface area (Å²) < 4.78 is 0. The molecule has 0 N–H and O–H groups in total. The lowest BCUT2D eigenvalue weighted by molar-refractivity contribution is 0.175. The van der Waals surface area contributed by atoms with Crippen molar-refractivity contribution in [3.63, 3.8) is 0 Å². The highest BCUT2D eigenvalue weighted by molar-refractivity contribution is 6.00. The Hall–Kier alpha value is -2.10. The molecule has 1 aromatic rings. The van der Waals surface area contributed by atoms with Gasteiger partial charge in [-0.2, -0.15) is 0 Å². The molecule has 21 heavy (non-hydrogen) atoms. The smallest absolute Gasteiger partial charge is 0.135 e. The summed E-state index contributed by atoms with van der Waals surface area (Å²) in [6.45, 7) is 13.1. The van der Waals surface area contributed by atoms with Gasteiger partial charge in [-0.3, -0.25) is 0 Å². The summed E-state index contributed by atoms with van der Waals surface area (Å²) in [5.41, 5.74) is 5.18. The minimum atomic E-state index is 0.418. The van der Waals surface area contributed by atoms with Gasteiger partial charge in [-0.25, -0.2) is 4.99 Å². The highest BCUT2D eigenvalue weighted by Crippen LogP contribution is 2.23. The first-order valence-corrected chi connectivity index (χ1v) is 7.13. The fourth-order valence-corrected chi connectivity index (χ4v) is 1.81. The van der Waals surface area contributed by atoms with E-state index < -0.39 is 0 Å². The second-order valence-corrected chi connectivity index (χ2v) is 5.03. The molecular formula is C17H25N3O. The van der Waals surface area contributed by atoms with Crippen LogP contribution in [0.3, 0.4) is 0 Å². The van der Waals surface area contributed by atoms with E-state index in [1.54, 1.807) is 6.08 Å². The zero-order valence-corrected chi connectivity index (χ0v) is 13.7. The van der Waals surface area contributed by atoms with Crippen LogP contribution in [0.1, 0.15) is 30.5 Å². The van der Waals surface area contributed by atoms with Gasteiger partial charge in [0.2, 0.25) is 0 Å². The topological polar surface area (TPSA) is 37.2 Å². The summed E-state index contributed by atoms with van der Waals surface area (Å²) in [7, 11) is 2.01. The van der Waals surface area contributed by atoms with Crippen molar-refractivity contribution in [1.29, 1.82) is 0 Å². The zero-order chi connectivity index (χ0) is 15.8. The maximum absolute atomic E-state index is 5.15. The zero-order valence-electron chi connectivity index (χ0n) is 13.7. The molecule has 1 aromatic carbocycles. The Morgan fingerprint density at radius 2 is 2.05 bits per heavy atom. The second kappa shape index (κ2) is 8.25. The van der Waals surface area contributed by atoms with Crippen molar-refractivity contribution in [2.45, 2.75) is 27.7 Å². The van der Waals surface area contributed by atoms with Crippen molar-refractivity contribution in [3.8, 4) is 0 Å². The largest absolute Gasteiger partial charge is 0.391 e. The molecular weight excluding hydrogens is 262 g/mol. The summed E-state index contributed by atoms with van der Waals surface area (Å²) >= 11 is 0. The Morgan fingerprint density at radius 3 is 2.67 bits per heavy atom. The molecule has 0 bridgehead atoms. The molecule has 0 aliphatic carbocycles. The molecule has 0 spiro atoms. The molecule has 114 valence electrons. The van der Waals surface area contributed by atoms with E-state index in [9.17, 15) is 0 Å². The van der Waals surface area contributed by atoms with Crippen LogP contribution < -0.4 is 0 Å². The van der Waals surface area contributed by atoms with E-state index >= 15 is 0 Å². The molecule has 0 saturated carbocycles. The average Bonchev–Trinajstić information content (AvgIpc) is 2.47. The standard InChI is InChI=1S/C17H25N3O/c1-7-9-21-19-15(5)16-10-14(4)17(11-13(16)3)18-12-20(6)8-2/h7,10-12H,1,8-9H2,2-6H3. The lowest BCUT2D eigenvalue weighted by Crippen LogP contribution is -2.14. The number of aliphatic imine (C=N–C) groups is 1. The van der Waals surface area contributed by atoms with E-state index in [-0.39, 0.29) is 0 Å². The number of benzene rings is 1. The van der Waals surface area contributed by atoms with Crippen molar-refractivity contribution < 1.29 is 4.84 Å². The quantitative estimate of drug-likeness (QED) is 0.251. The van der Waals surface area contributed by atoms with Gasteiger partial charge in [0.05, 0.1) is 17.7 Å². The van der Waals surface area contributed by atoms with Crippen molar-refractivity contribution in [3.05, 3.63) is 41.5 Å². The molecule has 0 radical (unpaired) electrons. The molecule has 4 heteroatoms. The Kier molecular flexibility index (Phi) is 6.66. The van der Waals surface area contributed by atoms with Gasteiger partial charge in [0.1, 0.15) is 6.61 Å². The summed E-state index contributed by atoms with van der Waals surface area (Å²) in [6, 6.07) is 4.18. The average molecular weight is 287 g/mol. The minimum absolute atomic E-state index is 0.418. The van der Waals surface area contributed by atoms with Gasteiger partial charge in [-0.05, 0) is 51.0 Å². The van der Waals surface area contributed by atoms with Gasteiger partial charge < -0.3 is 9.74 Å². The van der Waals surface area contributed by atoms with Crippen molar-refractivity contribution in [1.82, 2.24) is 4.90 Å². The van der Waals surface area contributed by atoms with Crippen LogP contribution in [0.25, 0.3) is 0 Å². The van der Waals surface area contributed by atoms with E-state index in [0.29, 0.717) is 6.61 Å². The van der Waals surface area contributed by atoms with E-state index in [2.05, 4.69) is 49.6 Å². The number of hydrogen-bond acceptors (Lipinski definition) is 3. The van der Waals surface area contributed by atoms with E-state index in [4.69, 9.17) is 4.84 Å². The first kappa shape index (κ1) is 17.0. The van der Waals surface area contributed by atoms with Crippen LogP contribution >= 0.6 is 0 Å². The summed E-state index contributed by atoms with van der Waals surface area (Å²) in [5.74, 6) is 0. The van der Waals surface area contributed by atoms with E-state index in [1.807, 2.05) is 25.2 Å². The van der Waals surface area contributed by atoms with Crippen LogP contribution in [0.5, 0.6) is 0 Å². The van der Waals surface area contributed by atoms with Gasteiger partial charge in [-0.15, -0.1) is 0 Å². The van der Waals surface area contributed by atoms with E-state index in [1.165, 1.54) is 0 Å². The predicted molar refractivity (Wildman–Crippen MR) is 90.7 cm³/mol. The van der Waals surface area contributed by atoms with Gasteiger partial charge in [0, 0.05) is 19.2 Å². The Labute approximate surface area is 127 Å². The predicted octanol–water partition coefficient (Wildman–Crippen LogP) is 3.84. The monoisotopic (exact) mass is 287 g/mol. The third-order valence-corrected chi connectivity index (χ3v) is 3.22. The molecule has 0 atom stereocenters. The van der Waals surface area contributed by atoms with Crippen LogP contribution in [-0.4, -0.2) is 37.1 Å². The minimum Gasteiger partial charge on any atom is -0.391 e. The normalized spacial score (nSPS) is 11.8. The van der Waals surface area contributed by atoms with Crippen LogP contribution in [0.15, 0.2) is 34.9 Å². The van der Waals surface area contributed by atoms with Gasteiger partial charge >= 0.3 is 0 Å². The Morgan fingerprint density at radius 1 is 1.33 bits per heavy atom. The van der Waals surface area contributed by atoms with Crippen molar-refractivity contribution >= 4 is 17.7 Å². The fraction of sp³-hybridized carbons (Fsp3) is 0.412. The molecule has 0 unspecified atom stereocenters. The number of hydrogen-bond donors (Lipinski definition) is 0. The van der Waals surface area contributed by atoms with Gasteiger partial charge in [-0.1, -0.05) is 17.8 Å². The van der Waals surface area contributed by atoms with Crippen molar-refractivity contribution in [2.75, 3.05) is 20.2 Å². The second-order valence-electron chi connectivity index (χ2n) is 5.03. The molecule has 0 saturated heterocycles. The first-order chi connectivity index (χ1) is 9.99. The fourth-order valence-electron chi connectivity index (χ4n) is 1.81. The maximum Gasteiger partial charge on any atom is 0.135 e. The third-order valence-electron chi connectivity index (χ3n) is 3.22. The Bertz CT molecular complexity index is 547. The molecule has 0 amide bonds. The molecule has 1 rings (SSSR count). The lowest BCUT2D eigenvalue weighted by atomic mass is 10.0. The summed E-state index contributed by atoms with van der Waals surface area (Å²) in [4.78, 5) is 11.7. The molecule has 0 fully saturated rings. The highest BCUT2D eigenvalue weighted by Gasteiger charge is 2.07. The highest BCUT2D eigenvalue weighted by atomic mass is 16.6. The van der Waals surface area contributed by atoms with Crippen LogP contribution in [0, 0.1) is 13.8 Å². The number of nitrogens with zero attached hydrogens (tertiary/aromatic N) is 3. The van der Waals surface area contributed by atoms with Crippen LogP contribution in [0.4, 0.5) is 5.69 Å². The molecule has 4 nitrogen and oxygen atoms in total. The van der Waals surface area contributed by atoms with Crippen LogP contribution in [-0.2, 0) is 4.84 Å². The maximum atomic E-state index is 5.15. The molecule has 0 aliphatic heterocycles. The first-order valence-electron chi connectivity index (χ1n) is 7.13. The van der Waals surface area contributed by atoms with E-state index in [0.717, 1.165) is 34.6 Å². The van der Waals surface area contributed by atoms with Gasteiger partial charge in [0.15, 0.2) is 0 Å². The SMILES string of the molecule is C=CCON=C(C)c1cc(C)c(N=CN(C)CC)cc1C. The number of aryl methyl sites for hydroxylation is 2. The lowest BCUT2D eigenvalue weighted by Gasteiger charge is -2.11. The molecule has 0 aromatic heterocycles. The van der Waals surface area contributed by atoms with Crippen LogP contribution in [0.2, 0.25) is 0 Å². The Balaban J connectivity index is 3.01. The van der Waals surface area contributed by atoms with Crippen molar-refractivity contribution in [2.24, 2.45) is 10.1 Å².